The molecule has 6 nitrogen and oxygen atoms in total. The highest BCUT2D eigenvalue weighted by molar-refractivity contribution is 8.01. The summed E-state index contributed by atoms with van der Waals surface area (Å²) in [6, 6.07) is 17.2. The van der Waals surface area contributed by atoms with E-state index in [2.05, 4.69) is 10.6 Å². The van der Waals surface area contributed by atoms with Crippen molar-refractivity contribution in [2.24, 2.45) is 0 Å². The number of hydrogen-bond donors (Lipinski definition) is 2. The Morgan fingerprint density at radius 3 is 2.63 bits per heavy atom. The molecule has 2 amide bonds. The van der Waals surface area contributed by atoms with E-state index in [4.69, 9.17) is 4.74 Å². The second-order valence-electron chi connectivity index (χ2n) is 6.04. The van der Waals surface area contributed by atoms with Crippen LogP contribution in [0.15, 0.2) is 59.5 Å². The largest absolute Gasteiger partial charge is 0.456 e. The van der Waals surface area contributed by atoms with Gasteiger partial charge in [0, 0.05) is 11.4 Å². The Hall–Kier alpha value is -2.80. The monoisotopic (exact) mass is 384 g/mol. The summed E-state index contributed by atoms with van der Waals surface area (Å²) in [5.74, 6) is -1.16. The molecule has 1 heterocycles. The van der Waals surface area contributed by atoms with E-state index in [1.54, 1.807) is 0 Å². The van der Waals surface area contributed by atoms with Gasteiger partial charge in [-0.15, -0.1) is 11.8 Å². The van der Waals surface area contributed by atoms with Crippen molar-refractivity contribution < 1.29 is 19.1 Å². The van der Waals surface area contributed by atoms with Crippen LogP contribution in [-0.2, 0) is 25.5 Å². The van der Waals surface area contributed by atoms with E-state index in [-0.39, 0.29) is 24.8 Å². The molecule has 27 heavy (non-hydrogen) atoms. The molecule has 0 bridgehead atoms. The van der Waals surface area contributed by atoms with Gasteiger partial charge in [0.25, 0.3) is 5.91 Å². The topological polar surface area (TPSA) is 84.5 Å². The molecule has 0 aromatic heterocycles. The van der Waals surface area contributed by atoms with Crippen LogP contribution in [0.4, 0.5) is 5.69 Å². The van der Waals surface area contributed by atoms with Crippen molar-refractivity contribution in [1.82, 2.24) is 5.32 Å². The predicted octanol–water partition coefficient (Wildman–Crippen LogP) is 2.39. The number of hydrogen-bond acceptors (Lipinski definition) is 5. The lowest BCUT2D eigenvalue weighted by atomic mass is 10.1. The molecule has 0 saturated carbocycles. The molecule has 3 rings (SSSR count). The van der Waals surface area contributed by atoms with Crippen molar-refractivity contribution in [2.75, 3.05) is 18.5 Å². The zero-order chi connectivity index (χ0) is 19.1. The third kappa shape index (κ3) is 5.59. The van der Waals surface area contributed by atoms with Crippen LogP contribution in [0.25, 0.3) is 0 Å². The fourth-order valence-corrected chi connectivity index (χ4v) is 3.72. The first-order valence-corrected chi connectivity index (χ1v) is 9.52. The minimum atomic E-state index is -0.569. The van der Waals surface area contributed by atoms with Gasteiger partial charge >= 0.3 is 5.97 Å². The second kappa shape index (κ2) is 9.23. The van der Waals surface area contributed by atoms with E-state index in [0.29, 0.717) is 13.0 Å². The van der Waals surface area contributed by atoms with Gasteiger partial charge in [-0.05, 0) is 24.1 Å². The zero-order valence-corrected chi connectivity index (χ0v) is 15.5. The molecule has 2 aromatic rings. The maximum atomic E-state index is 12.1. The van der Waals surface area contributed by atoms with Gasteiger partial charge in [-0.1, -0.05) is 42.5 Å². The Bertz CT molecular complexity index is 826. The molecule has 1 aliphatic rings. The molecule has 0 saturated heterocycles. The summed E-state index contributed by atoms with van der Waals surface area (Å²) in [4.78, 5) is 36.8. The van der Waals surface area contributed by atoms with Crippen LogP contribution in [0.2, 0.25) is 0 Å². The van der Waals surface area contributed by atoms with Crippen molar-refractivity contribution in [3.05, 3.63) is 60.2 Å². The third-order valence-electron chi connectivity index (χ3n) is 4.00. The lowest BCUT2D eigenvalue weighted by Gasteiger charge is -2.23. The van der Waals surface area contributed by atoms with Crippen molar-refractivity contribution in [2.45, 2.75) is 23.0 Å². The van der Waals surface area contributed by atoms with Gasteiger partial charge in [-0.3, -0.25) is 14.4 Å². The number of nitrogens with one attached hydrogen (secondary N) is 2. The average molecular weight is 384 g/mol. The number of carbonyl (C=O) groups is 3. The molecule has 1 aliphatic heterocycles. The average Bonchev–Trinajstić information content (AvgIpc) is 2.68. The number of carbonyl (C=O) groups excluding carboxylic acids is 3. The standard InChI is InChI=1S/C20H20N2O4S/c23-18(21-11-10-14-6-2-1-3-7-14)13-26-19(24)12-17-20(25)22-15-8-4-5-9-16(15)27-17/h1-9,17H,10-13H2,(H,21,23)(H,22,25)/t17-/m0/s1. The molecule has 2 aromatic carbocycles. The lowest BCUT2D eigenvalue weighted by Crippen LogP contribution is -2.33. The quantitative estimate of drug-likeness (QED) is 0.716. The molecule has 0 unspecified atom stereocenters. The molecule has 140 valence electrons. The molecule has 1 atom stereocenters. The van der Waals surface area contributed by atoms with Crippen molar-refractivity contribution in [1.29, 1.82) is 0 Å². The number of benzene rings is 2. The van der Waals surface area contributed by atoms with Crippen LogP contribution < -0.4 is 10.6 Å². The number of amides is 2. The van der Waals surface area contributed by atoms with Crippen LogP contribution in [0, 0.1) is 0 Å². The summed E-state index contributed by atoms with van der Waals surface area (Å²) in [5, 5.41) is 4.93. The molecule has 0 aliphatic carbocycles. The van der Waals surface area contributed by atoms with Crippen LogP contribution in [0.1, 0.15) is 12.0 Å². The number of ether oxygens (including phenoxy) is 1. The van der Waals surface area contributed by atoms with Crippen molar-refractivity contribution in [3.8, 4) is 0 Å². The van der Waals surface area contributed by atoms with Gasteiger partial charge in [0.05, 0.1) is 17.4 Å². The van der Waals surface area contributed by atoms with Crippen molar-refractivity contribution >= 4 is 35.2 Å². The number of esters is 1. The maximum absolute atomic E-state index is 12.1. The van der Waals surface area contributed by atoms with E-state index < -0.39 is 11.2 Å². The Morgan fingerprint density at radius 2 is 1.81 bits per heavy atom. The first kappa shape index (κ1) is 19.0. The van der Waals surface area contributed by atoms with Crippen LogP contribution in [0.5, 0.6) is 0 Å². The highest BCUT2D eigenvalue weighted by Gasteiger charge is 2.29. The van der Waals surface area contributed by atoms with Crippen LogP contribution in [0.3, 0.4) is 0 Å². The van der Waals surface area contributed by atoms with Gasteiger partial charge in [-0.2, -0.15) is 0 Å². The Balaban J connectivity index is 1.38. The summed E-state index contributed by atoms with van der Waals surface area (Å²) < 4.78 is 5.00. The highest BCUT2D eigenvalue weighted by Crippen LogP contribution is 2.36. The number of rotatable bonds is 7. The fraction of sp³-hybridized carbons (Fsp3) is 0.250. The van der Waals surface area contributed by atoms with Gasteiger partial charge < -0.3 is 15.4 Å². The summed E-state index contributed by atoms with van der Waals surface area (Å²) in [6.07, 6.45) is 0.626. The van der Waals surface area contributed by atoms with Gasteiger partial charge in [0.1, 0.15) is 0 Å². The Kier molecular flexibility index (Phi) is 6.49. The number of para-hydroxylation sites is 1. The number of fused-ring (bicyclic) bond motifs is 1. The van der Waals surface area contributed by atoms with E-state index >= 15 is 0 Å². The van der Waals surface area contributed by atoms with Crippen molar-refractivity contribution in [3.63, 3.8) is 0 Å². The smallest absolute Gasteiger partial charge is 0.307 e. The molecule has 7 heteroatoms. The predicted molar refractivity (Wildman–Crippen MR) is 103 cm³/mol. The van der Waals surface area contributed by atoms with Gasteiger partial charge in [0.2, 0.25) is 5.91 Å². The number of anilines is 1. The molecular weight excluding hydrogens is 364 g/mol. The van der Waals surface area contributed by atoms with E-state index in [1.807, 2.05) is 54.6 Å². The van der Waals surface area contributed by atoms with E-state index in [1.165, 1.54) is 11.8 Å². The maximum Gasteiger partial charge on any atom is 0.307 e. The molecule has 0 fully saturated rings. The molecule has 0 spiro atoms. The minimum Gasteiger partial charge on any atom is -0.456 e. The first-order valence-electron chi connectivity index (χ1n) is 8.64. The summed E-state index contributed by atoms with van der Waals surface area (Å²) in [7, 11) is 0. The first-order chi connectivity index (χ1) is 13.1. The minimum absolute atomic E-state index is 0.0812. The second-order valence-corrected chi connectivity index (χ2v) is 7.29. The zero-order valence-electron chi connectivity index (χ0n) is 14.6. The third-order valence-corrected chi connectivity index (χ3v) is 5.28. The normalized spacial score (nSPS) is 15.4. The number of thioether (sulfide) groups is 1. The SMILES string of the molecule is O=C(COC(=O)C[C@@H]1Sc2ccccc2NC1=O)NCCc1ccccc1. The highest BCUT2D eigenvalue weighted by atomic mass is 32.2. The van der Waals surface area contributed by atoms with Crippen LogP contribution >= 0.6 is 11.8 Å². The van der Waals surface area contributed by atoms with Crippen LogP contribution in [-0.4, -0.2) is 36.2 Å². The lowest BCUT2D eigenvalue weighted by molar-refractivity contribution is -0.149. The Labute approximate surface area is 161 Å². The molecule has 0 radical (unpaired) electrons. The summed E-state index contributed by atoms with van der Waals surface area (Å²) in [5.41, 5.74) is 1.87. The summed E-state index contributed by atoms with van der Waals surface area (Å²) in [6.45, 7) is 0.126. The van der Waals surface area contributed by atoms with E-state index in [0.717, 1.165) is 16.1 Å². The van der Waals surface area contributed by atoms with Gasteiger partial charge in [-0.25, -0.2) is 0 Å². The molecular formula is C20H20N2O4S. The Morgan fingerprint density at radius 1 is 1.07 bits per heavy atom. The van der Waals surface area contributed by atoms with Gasteiger partial charge in [0.15, 0.2) is 6.61 Å². The fourth-order valence-electron chi connectivity index (χ4n) is 2.63. The molecule has 2 N–H and O–H groups in total. The van der Waals surface area contributed by atoms with E-state index in [9.17, 15) is 14.4 Å². The summed E-state index contributed by atoms with van der Waals surface area (Å²) >= 11 is 1.33.